The minimum Gasteiger partial charge on any atom is -0.353 e. The van der Waals surface area contributed by atoms with E-state index < -0.39 is 0 Å². The van der Waals surface area contributed by atoms with E-state index in [-0.39, 0.29) is 11.9 Å². The van der Waals surface area contributed by atoms with Gasteiger partial charge in [-0.15, -0.1) is 0 Å². The van der Waals surface area contributed by atoms with Gasteiger partial charge < -0.3 is 9.47 Å². The van der Waals surface area contributed by atoms with Crippen LogP contribution in [0.1, 0.15) is 47.8 Å². The fourth-order valence-electron chi connectivity index (χ4n) is 3.14. The molecule has 0 saturated carbocycles. The summed E-state index contributed by atoms with van der Waals surface area (Å²) in [6.45, 7) is 0.830. The molecule has 4 nitrogen and oxygen atoms in total. The van der Waals surface area contributed by atoms with Gasteiger partial charge in [0.2, 0.25) is 0 Å². The van der Waals surface area contributed by atoms with Gasteiger partial charge in [0.25, 0.3) is 5.91 Å². The molecule has 1 saturated heterocycles. The van der Waals surface area contributed by atoms with Crippen molar-refractivity contribution in [3.05, 3.63) is 54.1 Å². The molecule has 0 N–H and O–H groups in total. The first-order valence-electron chi connectivity index (χ1n) is 7.59. The Morgan fingerprint density at radius 2 is 2.00 bits per heavy atom. The van der Waals surface area contributed by atoms with E-state index in [1.807, 2.05) is 4.90 Å². The van der Waals surface area contributed by atoms with Crippen molar-refractivity contribution in [3.8, 4) is 0 Å². The topological polar surface area (TPSA) is 38.1 Å². The van der Waals surface area contributed by atoms with Gasteiger partial charge in [0.05, 0.1) is 6.04 Å². The minimum atomic E-state index is 0.116. The largest absolute Gasteiger partial charge is 0.353 e. The molecule has 2 aromatic rings. The Morgan fingerprint density at radius 3 is 2.71 bits per heavy atom. The quantitative estimate of drug-likeness (QED) is 0.849. The summed E-state index contributed by atoms with van der Waals surface area (Å²) in [4.78, 5) is 18.9. The zero-order valence-corrected chi connectivity index (χ0v) is 12.4. The van der Waals surface area contributed by atoms with Crippen LogP contribution in [0.3, 0.4) is 0 Å². The Balaban J connectivity index is 1.92. The van der Waals surface area contributed by atoms with Crippen molar-refractivity contribution in [3.63, 3.8) is 0 Å². The maximum absolute atomic E-state index is 12.9. The summed E-state index contributed by atoms with van der Waals surface area (Å²) in [6, 6.07) is 7.95. The van der Waals surface area contributed by atoms with Gasteiger partial charge in [-0.25, -0.2) is 0 Å². The van der Waals surface area contributed by atoms with Crippen molar-refractivity contribution in [2.24, 2.45) is 7.05 Å². The maximum Gasteiger partial charge on any atom is 0.254 e. The van der Waals surface area contributed by atoms with Crippen molar-refractivity contribution in [1.29, 1.82) is 0 Å². The Hall–Kier alpha value is -2.10. The summed E-state index contributed by atoms with van der Waals surface area (Å²) in [5, 5.41) is 0. The molecule has 110 valence electrons. The van der Waals surface area contributed by atoms with Crippen molar-refractivity contribution < 1.29 is 4.79 Å². The summed E-state index contributed by atoms with van der Waals surface area (Å²) in [6.07, 6.45) is 9.91. The van der Waals surface area contributed by atoms with Gasteiger partial charge in [-0.1, -0.05) is 12.8 Å². The molecule has 0 radical (unpaired) electrons. The predicted octanol–water partition coefficient (Wildman–Crippen LogP) is 3.18. The summed E-state index contributed by atoms with van der Waals surface area (Å²) in [5.74, 6) is 0.116. The summed E-state index contributed by atoms with van der Waals surface area (Å²) < 4.78 is 2.13. The molecule has 0 aliphatic carbocycles. The Kier molecular flexibility index (Phi) is 4.04. The van der Waals surface area contributed by atoms with Crippen LogP contribution in [0.2, 0.25) is 0 Å². The van der Waals surface area contributed by atoms with Crippen LogP contribution < -0.4 is 0 Å². The van der Waals surface area contributed by atoms with Crippen LogP contribution in [0.4, 0.5) is 0 Å². The molecule has 3 rings (SSSR count). The molecular formula is C17H21N3O. The molecule has 0 aromatic carbocycles. The standard InChI is InChI=1S/C17H21N3O/c1-19-12-5-7-15(19)16-6-3-2-4-13-20(16)17(21)14-8-10-18-11-9-14/h5,7-12,16H,2-4,6,13H2,1H3/t16-/m0/s1. The van der Waals surface area contributed by atoms with Crippen LogP contribution in [0.5, 0.6) is 0 Å². The number of carbonyl (C=O) groups excluding carboxylic acids is 1. The van der Waals surface area contributed by atoms with Crippen LogP contribution in [0.15, 0.2) is 42.9 Å². The van der Waals surface area contributed by atoms with Gasteiger partial charge in [0.15, 0.2) is 0 Å². The average Bonchev–Trinajstić information content (AvgIpc) is 2.80. The van der Waals surface area contributed by atoms with E-state index in [4.69, 9.17) is 0 Å². The molecule has 1 aliphatic heterocycles. The number of carbonyl (C=O) groups is 1. The number of nitrogens with zero attached hydrogens (tertiary/aromatic N) is 3. The van der Waals surface area contributed by atoms with Crippen LogP contribution in [-0.2, 0) is 7.05 Å². The zero-order chi connectivity index (χ0) is 14.7. The first kappa shape index (κ1) is 13.9. The molecule has 0 spiro atoms. The summed E-state index contributed by atoms with van der Waals surface area (Å²) in [7, 11) is 2.05. The third-order valence-corrected chi connectivity index (χ3v) is 4.27. The fraction of sp³-hybridized carbons (Fsp3) is 0.412. The van der Waals surface area contributed by atoms with Crippen LogP contribution in [0.25, 0.3) is 0 Å². The number of hydrogen-bond acceptors (Lipinski definition) is 2. The molecule has 1 aliphatic rings. The molecule has 1 atom stereocenters. The summed E-state index contributed by atoms with van der Waals surface area (Å²) in [5.41, 5.74) is 1.95. The van der Waals surface area contributed by atoms with E-state index in [0.29, 0.717) is 0 Å². The Labute approximate surface area is 125 Å². The van der Waals surface area contributed by atoms with E-state index in [0.717, 1.165) is 24.9 Å². The molecule has 3 heterocycles. The molecule has 0 bridgehead atoms. The van der Waals surface area contributed by atoms with Gasteiger partial charge in [-0.05, 0) is 37.1 Å². The lowest BCUT2D eigenvalue weighted by molar-refractivity contribution is 0.0674. The SMILES string of the molecule is Cn1cccc1[C@@H]1CCCCCN1C(=O)c1ccncc1. The normalized spacial score (nSPS) is 19.3. The predicted molar refractivity (Wildman–Crippen MR) is 81.9 cm³/mol. The smallest absolute Gasteiger partial charge is 0.254 e. The highest BCUT2D eigenvalue weighted by atomic mass is 16.2. The lowest BCUT2D eigenvalue weighted by Crippen LogP contribution is -2.35. The van der Waals surface area contributed by atoms with Gasteiger partial charge in [-0.2, -0.15) is 0 Å². The van der Waals surface area contributed by atoms with Crippen LogP contribution >= 0.6 is 0 Å². The van der Waals surface area contributed by atoms with E-state index in [1.165, 1.54) is 18.5 Å². The number of hydrogen-bond donors (Lipinski definition) is 0. The third kappa shape index (κ3) is 2.84. The number of rotatable bonds is 2. The number of aromatic nitrogens is 2. The molecular weight excluding hydrogens is 262 g/mol. The fourth-order valence-corrected chi connectivity index (χ4v) is 3.14. The lowest BCUT2D eigenvalue weighted by Gasteiger charge is -2.30. The van der Waals surface area contributed by atoms with Gasteiger partial charge in [0.1, 0.15) is 0 Å². The third-order valence-electron chi connectivity index (χ3n) is 4.27. The van der Waals surface area contributed by atoms with Crippen LogP contribution in [-0.4, -0.2) is 26.9 Å². The number of likely N-dealkylation sites (tertiary alicyclic amines) is 1. The average molecular weight is 283 g/mol. The molecule has 1 amide bonds. The second-order valence-electron chi connectivity index (χ2n) is 5.64. The maximum atomic E-state index is 12.9. The first-order valence-corrected chi connectivity index (χ1v) is 7.59. The summed E-state index contributed by atoms with van der Waals surface area (Å²) >= 11 is 0. The van der Waals surface area contributed by atoms with Gasteiger partial charge in [-0.3, -0.25) is 9.78 Å². The second-order valence-corrected chi connectivity index (χ2v) is 5.64. The van der Waals surface area contributed by atoms with Crippen molar-refractivity contribution in [1.82, 2.24) is 14.5 Å². The van der Waals surface area contributed by atoms with Crippen LogP contribution in [0, 0.1) is 0 Å². The lowest BCUT2D eigenvalue weighted by atomic mass is 10.1. The van der Waals surface area contributed by atoms with Gasteiger partial charge >= 0.3 is 0 Å². The van der Waals surface area contributed by atoms with E-state index >= 15 is 0 Å². The second kappa shape index (κ2) is 6.12. The van der Waals surface area contributed by atoms with Crippen molar-refractivity contribution in [2.75, 3.05) is 6.54 Å². The monoisotopic (exact) mass is 283 g/mol. The number of amides is 1. The molecule has 0 unspecified atom stereocenters. The minimum absolute atomic E-state index is 0.116. The van der Waals surface area contributed by atoms with Crippen molar-refractivity contribution >= 4 is 5.91 Å². The highest BCUT2D eigenvalue weighted by molar-refractivity contribution is 5.94. The van der Waals surface area contributed by atoms with E-state index in [9.17, 15) is 4.79 Å². The Morgan fingerprint density at radius 1 is 1.19 bits per heavy atom. The molecule has 1 fully saturated rings. The van der Waals surface area contributed by atoms with Gasteiger partial charge in [0, 0.05) is 43.4 Å². The van der Waals surface area contributed by atoms with Crippen molar-refractivity contribution in [2.45, 2.75) is 31.7 Å². The number of pyridine rings is 1. The number of aryl methyl sites for hydroxylation is 1. The highest BCUT2D eigenvalue weighted by Gasteiger charge is 2.28. The van der Waals surface area contributed by atoms with E-state index in [1.54, 1.807) is 24.5 Å². The molecule has 21 heavy (non-hydrogen) atoms. The van der Waals surface area contributed by atoms with E-state index in [2.05, 4.69) is 34.9 Å². The molecule has 4 heteroatoms. The highest BCUT2D eigenvalue weighted by Crippen LogP contribution is 2.31. The Bertz CT molecular complexity index is 606. The zero-order valence-electron chi connectivity index (χ0n) is 12.4. The molecule has 2 aromatic heterocycles. The first-order chi connectivity index (χ1) is 10.3.